The molecule has 1 aromatic heterocycles. The van der Waals surface area contributed by atoms with Gasteiger partial charge in [-0.1, -0.05) is 12.1 Å². The molecule has 2 aromatic rings. The molecule has 5 nitrogen and oxygen atoms in total. The van der Waals surface area contributed by atoms with E-state index < -0.39 is 26.2 Å². The van der Waals surface area contributed by atoms with Crippen LogP contribution < -0.4 is 9.73 Å². The normalized spacial score (nSPS) is 11.3. The van der Waals surface area contributed by atoms with E-state index in [9.17, 15) is 17.6 Å². The number of H-pyrrole nitrogens is 1. The number of pyridine rings is 1. The number of para-hydroxylation sites is 1. The summed E-state index contributed by atoms with van der Waals surface area (Å²) in [6.07, 6.45) is 2.40. The Balaban J connectivity index is 2.56. The zero-order chi connectivity index (χ0) is 14.0. The molecule has 0 saturated heterocycles. The van der Waals surface area contributed by atoms with Crippen LogP contribution in [0.4, 0.5) is 10.1 Å². The highest BCUT2D eigenvalue weighted by Crippen LogP contribution is 2.22. The first-order chi connectivity index (χ1) is 8.94. The minimum Gasteiger partial charge on any atom is -0.366 e. The maximum absolute atomic E-state index is 13.6. The van der Waals surface area contributed by atoms with Gasteiger partial charge in [-0.15, -0.1) is 0 Å². The van der Waals surface area contributed by atoms with Gasteiger partial charge in [0, 0.05) is 25.5 Å². The summed E-state index contributed by atoms with van der Waals surface area (Å²) in [6.45, 7) is 0. The number of nitrogens with zero attached hydrogens (tertiary/aromatic N) is 1. The van der Waals surface area contributed by atoms with Crippen molar-refractivity contribution in [3.05, 3.63) is 58.8 Å². The number of nitrogens with one attached hydrogen (secondary N) is 1. The average molecular weight is 282 g/mol. The van der Waals surface area contributed by atoms with Crippen LogP contribution >= 0.6 is 0 Å². The second-order valence-corrected chi connectivity index (χ2v) is 5.73. The molecular weight excluding hydrogens is 271 g/mol. The molecule has 0 fully saturated rings. The number of hydrogen-bond donors (Lipinski definition) is 1. The van der Waals surface area contributed by atoms with Crippen LogP contribution in [-0.4, -0.2) is 20.4 Å². The third-order valence-electron chi connectivity index (χ3n) is 2.62. The highest BCUT2D eigenvalue weighted by Gasteiger charge is 2.25. The van der Waals surface area contributed by atoms with E-state index in [4.69, 9.17) is 0 Å². The fraction of sp³-hybridized carbons (Fsp3) is 0.0833. The van der Waals surface area contributed by atoms with Gasteiger partial charge in [0.05, 0.1) is 5.69 Å². The number of aromatic nitrogens is 1. The predicted molar refractivity (Wildman–Crippen MR) is 69.1 cm³/mol. The minimum atomic E-state index is -4.10. The van der Waals surface area contributed by atoms with Gasteiger partial charge in [-0.2, -0.15) is 0 Å². The van der Waals surface area contributed by atoms with Gasteiger partial charge in [-0.3, -0.25) is 9.10 Å². The van der Waals surface area contributed by atoms with Crippen molar-refractivity contribution in [1.82, 2.24) is 4.98 Å². The Morgan fingerprint density at radius 1 is 1.21 bits per heavy atom. The summed E-state index contributed by atoms with van der Waals surface area (Å²) in [7, 11) is -2.90. The largest absolute Gasteiger partial charge is 0.366 e. The molecule has 0 atom stereocenters. The molecule has 0 amide bonds. The topological polar surface area (TPSA) is 70.2 Å². The van der Waals surface area contributed by atoms with Crippen molar-refractivity contribution in [2.24, 2.45) is 0 Å². The molecule has 19 heavy (non-hydrogen) atoms. The minimum absolute atomic E-state index is 0.120. The summed E-state index contributed by atoms with van der Waals surface area (Å²) >= 11 is 0. The molecule has 1 N–H and O–H groups in total. The van der Waals surface area contributed by atoms with Crippen LogP contribution in [0, 0.1) is 5.82 Å². The molecule has 100 valence electrons. The lowest BCUT2D eigenvalue weighted by Crippen LogP contribution is -2.31. The first-order valence-electron chi connectivity index (χ1n) is 5.35. The lowest BCUT2D eigenvalue weighted by molar-refractivity contribution is 0.588. The predicted octanol–water partition coefficient (Wildman–Crippen LogP) is 1.34. The van der Waals surface area contributed by atoms with Crippen LogP contribution in [0.25, 0.3) is 0 Å². The van der Waals surface area contributed by atoms with E-state index in [1.54, 1.807) is 0 Å². The van der Waals surface area contributed by atoms with E-state index in [0.29, 0.717) is 0 Å². The zero-order valence-corrected chi connectivity index (χ0v) is 10.8. The standard InChI is InChI=1S/C12H11FN2O3S/c1-15(10-5-3-2-4-9(10)13)19(17,18)12-8-14-7-6-11(12)16/h2-8H,1H3,(H,14,16). The Labute approximate surface area is 109 Å². The van der Waals surface area contributed by atoms with Gasteiger partial charge in [0.15, 0.2) is 4.90 Å². The average Bonchev–Trinajstić information content (AvgIpc) is 2.39. The van der Waals surface area contributed by atoms with Gasteiger partial charge in [-0.05, 0) is 12.1 Å². The fourth-order valence-electron chi connectivity index (χ4n) is 1.59. The summed E-state index contributed by atoms with van der Waals surface area (Å²) in [5.74, 6) is -0.680. The van der Waals surface area contributed by atoms with Gasteiger partial charge in [0.25, 0.3) is 10.0 Å². The number of anilines is 1. The van der Waals surface area contributed by atoms with Gasteiger partial charge in [0.2, 0.25) is 5.43 Å². The summed E-state index contributed by atoms with van der Waals surface area (Å²) in [4.78, 5) is 13.7. The van der Waals surface area contributed by atoms with Crippen LogP contribution in [0.5, 0.6) is 0 Å². The molecular formula is C12H11FN2O3S. The molecule has 0 aliphatic carbocycles. The second-order valence-electron chi connectivity index (χ2n) is 3.80. The van der Waals surface area contributed by atoms with E-state index in [-0.39, 0.29) is 5.69 Å². The van der Waals surface area contributed by atoms with E-state index in [1.807, 2.05) is 0 Å². The molecule has 0 radical (unpaired) electrons. The van der Waals surface area contributed by atoms with Gasteiger partial charge < -0.3 is 4.98 Å². The molecule has 7 heteroatoms. The molecule has 0 aliphatic rings. The van der Waals surface area contributed by atoms with Crippen LogP contribution in [-0.2, 0) is 10.0 Å². The lowest BCUT2D eigenvalue weighted by Gasteiger charge is -2.19. The van der Waals surface area contributed by atoms with Crippen molar-refractivity contribution in [2.45, 2.75) is 4.90 Å². The molecule has 0 aliphatic heterocycles. The first-order valence-corrected chi connectivity index (χ1v) is 6.79. The third kappa shape index (κ3) is 2.37. The highest BCUT2D eigenvalue weighted by atomic mass is 32.2. The van der Waals surface area contributed by atoms with Crippen molar-refractivity contribution < 1.29 is 12.8 Å². The van der Waals surface area contributed by atoms with Gasteiger partial charge in [-0.25, -0.2) is 12.8 Å². The van der Waals surface area contributed by atoms with E-state index in [0.717, 1.165) is 22.6 Å². The first kappa shape index (κ1) is 13.3. The van der Waals surface area contributed by atoms with E-state index in [1.165, 1.54) is 31.4 Å². The molecule has 1 aromatic carbocycles. The SMILES string of the molecule is CN(c1ccccc1F)S(=O)(=O)c1c[nH]ccc1=O. The van der Waals surface area contributed by atoms with Crippen molar-refractivity contribution >= 4 is 15.7 Å². The van der Waals surface area contributed by atoms with E-state index >= 15 is 0 Å². The number of aromatic amines is 1. The maximum Gasteiger partial charge on any atom is 0.269 e. The van der Waals surface area contributed by atoms with Crippen LogP contribution in [0.1, 0.15) is 0 Å². The molecule has 0 saturated carbocycles. The summed E-state index contributed by atoms with van der Waals surface area (Å²) in [5.41, 5.74) is -0.771. The lowest BCUT2D eigenvalue weighted by atomic mass is 10.3. The summed E-state index contributed by atoms with van der Waals surface area (Å²) < 4.78 is 38.8. The Hall–Kier alpha value is -2.15. The Kier molecular flexibility index (Phi) is 3.39. The fourth-order valence-corrected chi connectivity index (χ4v) is 2.83. The highest BCUT2D eigenvalue weighted by molar-refractivity contribution is 7.92. The Morgan fingerprint density at radius 2 is 1.89 bits per heavy atom. The Bertz CT molecular complexity index is 755. The molecule has 0 bridgehead atoms. The molecule has 0 unspecified atom stereocenters. The summed E-state index contributed by atoms with van der Waals surface area (Å²) in [6, 6.07) is 6.54. The maximum atomic E-state index is 13.6. The van der Waals surface area contributed by atoms with Gasteiger partial charge >= 0.3 is 0 Å². The van der Waals surface area contributed by atoms with Crippen LogP contribution in [0.3, 0.4) is 0 Å². The number of halogens is 1. The van der Waals surface area contributed by atoms with Crippen molar-refractivity contribution in [1.29, 1.82) is 0 Å². The van der Waals surface area contributed by atoms with E-state index in [2.05, 4.69) is 4.98 Å². The summed E-state index contributed by atoms with van der Waals surface area (Å²) in [5, 5.41) is 0. The molecule has 0 spiro atoms. The Morgan fingerprint density at radius 3 is 2.53 bits per heavy atom. The van der Waals surface area contributed by atoms with Crippen LogP contribution in [0.2, 0.25) is 0 Å². The zero-order valence-electron chi connectivity index (χ0n) is 10.00. The molecule has 1 heterocycles. The second kappa shape index (κ2) is 4.85. The smallest absolute Gasteiger partial charge is 0.269 e. The van der Waals surface area contributed by atoms with Crippen LogP contribution in [0.15, 0.2) is 52.4 Å². The number of benzene rings is 1. The van der Waals surface area contributed by atoms with Gasteiger partial charge in [0.1, 0.15) is 5.82 Å². The van der Waals surface area contributed by atoms with Crippen molar-refractivity contribution in [3.8, 4) is 0 Å². The number of hydrogen-bond acceptors (Lipinski definition) is 3. The quantitative estimate of drug-likeness (QED) is 0.923. The third-order valence-corrected chi connectivity index (χ3v) is 4.41. The molecule has 2 rings (SSSR count). The van der Waals surface area contributed by atoms with Crippen molar-refractivity contribution in [3.63, 3.8) is 0 Å². The monoisotopic (exact) mass is 282 g/mol. The number of sulfonamides is 1. The van der Waals surface area contributed by atoms with Crippen molar-refractivity contribution in [2.75, 3.05) is 11.4 Å². The number of rotatable bonds is 3.